The minimum atomic E-state index is 0.390. The number of halogens is 1. The lowest BCUT2D eigenvalue weighted by Crippen LogP contribution is -2.31. The molecule has 0 amide bonds. The van der Waals surface area contributed by atoms with Crippen molar-refractivity contribution in [3.63, 3.8) is 0 Å². The van der Waals surface area contributed by atoms with Gasteiger partial charge in [-0.25, -0.2) is 0 Å². The van der Waals surface area contributed by atoms with Gasteiger partial charge in [-0.3, -0.25) is 0 Å². The average Bonchev–Trinajstić information content (AvgIpc) is 2.21. The number of hydrogen-bond donors (Lipinski definition) is 0. The Morgan fingerprint density at radius 3 is 2.43 bits per heavy atom. The highest BCUT2D eigenvalue weighted by Crippen LogP contribution is 2.42. The summed E-state index contributed by atoms with van der Waals surface area (Å²) in [5, 5.41) is 0. The van der Waals surface area contributed by atoms with E-state index in [1.54, 1.807) is 0 Å². The Bertz CT molecular complexity index is 157. The lowest BCUT2D eigenvalue weighted by atomic mass is 10.2. The van der Waals surface area contributed by atoms with Gasteiger partial charge in [0.15, 0.2) is 3.44 Å². The Balaban J connectivity index is 1.78. The van der Waals surface area contributed by atoms with E-state index in [0.717, 1.165) is 23.0 Å². The molecule has 14 heavy (non-hydrogen) atoms. The first kappa shape index (κ1) is 12.2. The Labute approximate surface area is 112 Å². The molecule has 2 rings (SSSR count). The fraction of sp³-hybridized carbons (Fsp3) is 1.00. The molecule has 0 radical (unpaired) electrons. The topological polar surface area (TPSA) is 9.23 Å². The van der Waals surface area contributed by atoms with Gasteiger partial charge in [-0.05, 0) is 40.0 Å². The minimum absolute atomic E-state index is 0.390. The van der Waals surface area contributed by atoms with E-state index in [1.165, 1.54) is 17.3 Å². The van der Waals surface area contributed by atoms with Gasteiger partial charge in [-0.2, -0.15) is 0 Å². The van der Waals surface area contributed by atoms with Gasteiger partial charge >= 0.3 is 0 Å². The second-order valence-corrected chi connectivity index (χ2v) is 9.56. The summed E-state index contributed by atoms with van der Waals surface area (Å²) in [6, 6.07) is 0. The van der Waals surface area contributed by atoms with Crippen LogP contribution in [0.2, 0.25) is 0 Å². The summed E-state index contributed by atoms with van der Waals surface area (Å²) in [7, 11) is 0. The van der Waals surface area contributed by atoms with Crippen molar-refractivity contribution in [3.8, 4) is 0 Å². The van der Waals surface area contributed by atoms with Crippen LogP contribution in [-0.4, -0.2) is 31.9 Å². The highest BCUT2D eigenvalue weighted by Gasteiger charge is 2.31. The molecule has 2 heterocycles. The quantitative estimate of drug-likeness (QED) is 0.521. The Kier molecular flexibility index (Phi) is 5.13. The van der Waals surface area contributed by atoms with E-state index in [-0.39, 0.29) is 0 Å². The van der Waals surface area contributed by atoms with Gasteiger partial charge in [0, 0.05) is 11.7 Å². The molecule has 2 saturated heterocycles. The van der Waals surface area contributed by atoms with Gasteiger partial charge in [-0.15, -0.1) is 35.3 Å². The zero-order chi connectivity index (χ0) is 9.97. The molecule has 2 atom stereocenters. The molecule has 2 aliphatic rings. The first-order valence-electron chi connectivity index (χ1n) is 4.86. The normalized spacial score (nSPS) is 45.0. The summed E-state index contributed by atoms with van der Waals surface area (Å²) in [4.78, 5) is 0. The lowest BCUT2D eigenvalue weighted by molar-refractivity contribution is 0.133. The summed E-state index contributed by atoms with van der Waals surface area (Å²) in [6.07, 6.45) is 0. The molecule has 2 fully saturated rings. The van der Waals surface area contributed by atoms with Crippen LogP contribution in [-0.2, 0) is 4.74 Å². The predicted molar refractivity (Wildman–Crippen MR) is 77.6 cm³/mol. The molecular formula is C9H15IOS3. The number of thioether (sulfide) groups is 3. The summed E-state index contributed by atoms with van der Waals surface area (Å²) in [6.45, 7) is 3.32. The van der Waals surface area contributed by atoms with Crippen LogP contribution in [0.3, 0.4) is 0 Å². The fourth-order valence-electron chi connectivity index (χ4n) is 1.54. The zero-order valence-electron chi connectivity index (χ0n) is 8.15. The SMILES string of the molecule is CC1CSC(C2COC(I)SC2)SC1. The molecule has 0 aromatic rings. The van der Waals surface area contributed by atoms with Crippen LogP contribution in [0.25, 0.3) is 0 Å². The van der Waals surface area contributed by atoms with Crippen LogP contribution in [0.15, 0.2) is 0 Å². The van der Waals surface area contributed by atoms with Crippen molar-refractivity contribution in [3.05, 3.63) is 0 Å². The summed E-state index contributed by atoms with van der Waals surface area (Å²) in [5.74, 6) is 5.63. The maximum atomic E-state index is 5.69. The third kappa shape index (κ3) is 3.37. The standard InChI is InChI=1S/C9H15IOS3/c1-6-3-12-8(13-4-6)7-2-11-9(10)14-5-7/h6-9H,2-5H2,1H3. The van der Waals surface area contributed by atoms with Gasteiger partial charge < -0.3 is 4.74 Å². The Hall–Kier alpha value is 1.74. The molecule has 0 aliphatic carbocycles. The smallest absolute Gasteiger partial charge is 0.154 e. The van der Waals surface area contributed by atoms with Crippen molar-refractivity contribution in [2.75, 3.05) is 23.9 Å². The highest BCUT2D eigenvalue weighted by atomic mass is 127. The molecule has 1 nitrogen and oxygen atoms in total. The van der Waals surface area contributed by atoms with Crippen molar-refractivity contribution in [2.45, 2.75) is 14.9 Å². The maximum absolute atomic E-state index is 5.69. The second kappa shape index (κ2) is 5.89. The zero-order valence-corrected chi connectivity index (χ0v) is 12.8. The third-order valence-electron chi connectivity index (χ3n) is 2.36. The molecule has 5 heteroatoms. The van der Waals surface area contributed by atoms with Crippen LogP contribution in [0, 0.1) is 11.8 Å². The average molecular weight is 362 g/mol. The van der Waals surface area contributed by atoms with Crippen LogP contribution in [0.4, 0.5) is 0 Å². The number of hydrogen-bond acceptors (Lipinski definition) is 4. The van der Waals surface area contributed by atoms with E-state index in [2.05, 4.69) is 53.0 Å². The summed E-state index contributed by atoms with van der Waals surface area (Å²) >= 11 is 8.62. The van der Waals surface area contributed by atoms with Crippen molar-refractivity contribution in [1.82, 2.24) is 0 Å². The van der Waals surface area contributed by atoms with E-state index in [4.69, 9.17) is 4.74 Å². The first-order chi connectivity index (χ1) is 6.75. The van der Waals surface area contributed by atoms with E-state index in [0.29, 0.717) is 3.44 Å². The molecule has 0 spiro atoms. The first-order valence-corrected chi connectivity index (χ1v) is 9.25. The molecule has 0 N–H and O–H groups in total. The van der Waals surface area contributed by atoms with Crippen LogP contribution in [0.1, 0.15) is 6.92 Å². The summed E-state index contributed by atoms with van der Waals surface area (Å²) in [5.41, 5.74) is 0. The molecule has 2 aliphatic heterocycles. The lowest BCUT2D eigenvalue weighted by Gasteiger charge is -2.34. The van der Waals surface area contributed by atoms with E-state index >= 15 is 0 Å². The van der Waals surface area contributed by atoms with Crippen LogP contribution < -0.4 is 0 Å². The molecule has 0 aromatic carbocycles. The minimum Gasteiger partial charge on any atom is -0.357 e. The van der Waals surface area contributed by atoms with Gasteiger partial charge in [0.2, 0.25) is 0 Å². The second-order valence-electron chi connectivity index (χ2n) is 3.84. The summed E-state index contributed by atoms with van der Waals surface area (Å²) < 4.78 is 6.88. The highest BCUT2D eigenvalue weighted by molar-refractivity contribution is 14.1. The van der Waals surface area contributed by atoms with Crippen molar-refractivity contribution >= 4 is 57.9 Å². The third-order valence-corrected chi connectivity index (χ3v) is 8.58. The monoisotopic (exact) mass is 362 g/mol. The van der Waals surface area contributed by atoms with Gasteiger partial charge in [0.05, 0.1) is 11.2 Å². The largest absolute Gasteiger partial charge is 0.357 e. The molecule has 0 bridgehead atoms. The van der Waals surface area contributed by atoms with Gasteiger partial charge in [0.25, 0.3) is 0 Å². The van der Waals surface area contributed by atoms with Crippen molar-refractivity contribution in [2.24, 2.45) is 11.8 Å². The number of rotatable bonds is 1. The van der Waals surface area contributed by atoms with Crippen LogP contribution in [0.5, 0.6) is 0 Å². The van der Waals surface area contributed by atoms with Gasteiger partial charge in [-0.1, -0.05) is 6.92 Å². The number of ether oxygens (including phenoxy) is 1. The molecule has 82 valence electrons. The van der Waals surface area contributed by atoms with E-state index in [1.807, 2.05) is 11.8 Å². The van der Waals surface area contributed by atoms with Crippen LogP contribution >= 0.6 is 57.9 Å². The van der Waals surface area contributed by atoms with Crippen molar-refractivity contribution in [1.29, 1.82) is 0 Å². The van der Waals surface area contributed by atoms with Crippen molar-refractivity contribution < 1.29 is 4.74 Å². The predicted octanol–water partition coefficient (Wildman–Crippen LogP) is 3.53. The Morgan fingerprint density at radius 2 is 1.86 bits per heavy atom. The van der Waals surface area contributed by atoms with Gasteiger partial charge in [0.1, 0.15) is 0 Å². The number of alkyl halides is 1. The molecule has 0 saturated carbocycles. The molecule has 0 aromatic heterocycles. The molecular weight excluding hydrogens is 347 g/mol. The van der Waals surface area contributed by atoms with E-state index in [9.17, 15) is 0 Å². The van der Waals surface area contributed by atoms with E-state index < -0.39 is 0 Å². The fourth-order valence-corrected chi connectivity index (χ4v) is 6.65. The maximum Gasteiger partial charge on any atom is 0.154 e. The molecule has 2 unspecified atom stereocenters. The Morgan fingerprint density at radius 1 is 1.14 bits per heavy atom.